The number of phenolic OH excluding ortho intramolecular Hbond substituents is 1. The summed E-state index contributed by atoms with van der Waals surface area (Å²) in [6.07, 6.45) is 2.82. The lowest BCUT2D eigenvalue weighted by molar-refractivity contribution is 0.284. The molecule has 0 unspecified atom stereocenters. The van der Waals surface area contributed by atoms with E-state index in [0.29, 0.717) is 17.6 Å². The Kier molecular flexibility index (Phi) is 5.67. The van der Waals surface area contributed by atoms with Gasteiger partial charge >= 0.3 is 0 Å². The minimum absolute atomic E-state index is 0.256. The van der Waals surface area contributed by atoms with E-state index in [1.807, 2.05) is 6.07 Å². The average molecular weight is 250 g/mol. The molecule has 0 radical (unpaired) electrons. The van der Waals surface area contributed by atoms with Gasteiger partial charge in [-0.1, -0.05) is 33.8 Å². The zero-order valence-electron chi connectivity index (χ0n) is 12.0. The Morgan fingerprint density at radius 1 is 0.944 bits per heavy atom. The predicted molar refractivity (Wildman–Crippen MR) is 76.3 cm³/mol. The van der Waals surface area contributed by atoms with Gasteiger partial charge in [0.15, 0.2) is 0 Å². The molecule has 0 spiro atoms. The summed E-state index contributed by atoms with van der Waals surface area (Å²) in [5.41, 5.74) is 3.58. The maximum atomic E-state index is 10.1. The second kappa shape index (κ2) is 6.79. The quantitative estimate of drug-likeness (QED) is 0.750. The van der Waals surface area contributed by atoms with Gasteiger partial charge in [-0.05, 0) is 53.9 Å². The molecule has 0 fully saturated rings. The average Bonchev–Trinajstić information content (AvgIpc) is 2.30. The van der Waals surface area contributed by atoms with Gasteiger partial charge in [-0.15, -0.1) is 0 Å². The zero-order chi connectivity index (χ0) is 13.7. The van der Waals surface area contributed by atoms with E-state index in [9.17, 15) is 5.11 Å². The highest BCUT2D eigenvalue weighted by Gasteiger charge is 2.13. The lowest BCUT2D eigenvalue weighted by atomic mass is 9.89. The monoisotopic (exact) mass is 250 g/mol. The number of aliphatic hydroxyl groups excluding tert-OH is 1. The number of hydrogen-bond donors (Lipinski definition) is 2. The third-order valence-electron chi connectivity index (χ3n) is 3.39. The summed E-state index contributed by atoms with van der Waals surface area (Å²) in [6.45, 7) is 8.76. The molecule has 0 aliphatic carbocycles. The largest absolute Gasteiger partial charge is 0.508 e. The maximum absolute atomic E-state index is 10.1. The maximum Gasteiger partial charge on any atom is 0.119 e. The van der Waals surface area contributed by atoms with Crippen LogP contribution in [0.2, 0.25) is 0 Å². The molecule has 0 saturated heterocycles. The van der Waals surface area contributed by atoms with Crippen LogP contribution in [0, 0.1) is 0 Å². The summed E-state index contributed by atoms with van der Waals surface area (Å²) < 4.78 is 0. The summed E-state index contributed by atoms with van der Waals surface area (Å²) in [4.78, 5) is 0. The number of hydrogen-bond acceptors (Lipinski definition) is 2. The van der Waals surface area contributed by atoms with Gasteiger partial charge in [0, 0.05) is 6.61 Å². The predicted octanol–water partition coefficient (Wildman–Crippen LogP) is 3.95. The molecule has 0 saturated carbocycles. The third kappa shape index (κ3) is 3.74. The van der Waals surface area contributed by atoms with E-state index < -0.39 is 0 Å². The standard InChI is InChI=1S/C16H26O2/c1-11(2)14-10-16(18)15(12(3)4)9-13(14)7-5-6-8-17/h9-12,17-18H,5-8H2,1-4H3. The Morgan fingerprint density at radius 2 is 1.56 bits per heavy atom. The lowest BCUT2D eigenvalue weighted by Gasteiger charge is -2.18. The summed E-state index contributed by atoms with van der Waals surface area (Å²) in [6, 6.07) is 4.07. The normalized spacial score (nSPS) is 11.5. The van der Waals surface area contributed by atoms with Crippen LogP contribution in [0.1, 0.15) is 69.1 Å². The van der Waals surface area contributed by atoms with Crippen LogP contribution in [-0.2, 0) is 6.42 Å². The Bertz CT molecular complexity index is 381. The molecule has 2 N–H and O–H groups in total. The van der Waals surface area contributed by atoms with Crippen LogP contribution < -0.4 is 0 Å². The number of aryl methyl sites for hydroxylation is 1. The fourth-order valence-corrected chi connectivity index (χ4v) is 2.31. The van der Waals surface area contributed by atoms with Gasteiger partial charge in [0.25, 0.3) is 0 Å². The molecule has 1 aromatic rings. The molecule has 2 nitrogen and oxygen atoms in total. The van der Waals surface area contributed by atoms with Gasteiger partial charge in [0.05, 0.1) is 0 Å². The van der Waals surface area contributed by atoms with E-state index in [1.54, 1.807) is 0 Å². The van der Waals surface area contributed by atoms with E-state index in [1.165, 1.54) is 11.1 Å². The molecule has 0 atom stereocenters. The molecule has 1 aromatic carbocycles. The lowest BCUT2D eigenvalue weighted by Crippen LogP contribution is -2.01. The number of aliphatic hydroxyl groups is 1. The van der Waals surface area contributed by atoms with Crippen molar-refractivity contribution in [3.63, 3.8) is 0 Å². The Labute approximate surface area is 111 Å². The van der Waals surface area contributed by atoms with Crippen molar-refractivity contribution in [2.24, 2.45) is 0 Å². The number of benzene rings is 1. The van der Waals surface area contributed by atoms with E-state index >= 15 is 0 Å². The Morgan fingerprint density at radius 3 is 2.06 bits per heavy atom. The van der Waals surface area contributed by atoms with Crippen molar-refractivity contribution in [2.45, 2.75) is 58.8 Å². The van der Waals surface area contributed by atoms with Crippen LogP contribution in [-0.4, -0.2) is 16.8 Å². The van der Waals surface area contributed by atoms with Crippen molar-refractivity contribution in [1.29, 1.82) is 0 Å². The van der Waals surface area contributed by atoms with Crippen molar-refractivity contribution in [1.82, 2.24) is 0 Å². The summed E-state index contributed by atoms with van der Waals surface area (Å²) >= 11 is 0. The van der Waals surface area contributed by atoms with Crippen LogP contribution in [0.3, 0.4) is 0 Å². The Hall–Kier alpha value is -1.02. The molecule has 1 rings (SSSR count). The molecule has 0 heterocycles. The molecule has 0 bridgehead atoms. The first-order valence-electron chi connectivity index (χ1n) is 6.93. The van der Waals surface area contributed by atoms with Crippen LogP contribution in [0.4, 0.5) is 0 Å². The minimum atomic E-state index is 0.256. The van der Waals surface area contributed by atoms with Crippen LogP contribution in [0.25, 0.3) is 0 Å². The molecule has 0 aliphatic rings. The third-order valence-corrected chi connectivity index (χ3v) is 3.39. The van der Waals surface area contributed by atoms with Gasteiger partial charge in [0.1, 0.15) is 5.75 Å². The first-order valence-corrected chi connectivity index (χ1v) is 6.93. The van der Waals surface area contributed by atoms with Crippen LogP contribution >= 0.6 is 0 Å². The highest BCUT2D eigenvalue weighted by atomic mass is 16.3. The summed E-state index contributed by atoms with van der Waals surface area (Å²) in [5, 5.41) is 18.9. The van der Waals surface area contributed by atoms with Gasteiger partial charge in [-0.3, -0.25) is 0 Å². The molecule has 102 valence electrons. The molecular formula is C16H26O2. The van der Waals surface area contributed by atoms with Gasteiger partial charge < -0.3 is 10.2 Å². The zero-order valence-corrected chi connectivity index (χ0v) is 12.0. The number of aromatic hydroxyl groups is 1. The number of unbranched alkanes of at least 4 members (excludes halogenated alkanes) is 1. The summed E-state index contributed by atoms with van der Waals surface area (Å²) in [7, 11) is 0. The number of phenols is 1. The highest BCUT2D eigenvalue weighted by Crippen LogP contribution is 2.32. The van der Waals surface area contributed by atoms with Gasteiger partial charge in [-0.25, -0.2) is 0 Å². The van der Waals surface area contributed by atoms with Gasteiger partial charge in [-0.2, -0.15) is 0 Å². The van der Waals surface area contributed by atoms with Crippen LogP contribution in [0.5, 0.6) is 5.75 Å². The minimum Gasteiger partial charge on any atom is -0.508 e. The Balaban J connectivity index is 3.06. The fraction of sp³-hybridized carbons (Fsp3) is 0.625. The van der Waals surface area contributed by atoms with Crippen molar-refractivity contribution in [3.8, 4) is 5.75 Å². The molecule has 18 heavy (non-hydrogen) atoms. The van der Waals surface area contributed by atoms with Crippen molar-refractivity contribution in [3.05, 3.63) is 28.8 Å². The second-order valence-corrected chi connectivity index (χ2v) is 5.60. The molecular weight excluding hydrogens is 224 g/mol. The van der Waals surface area contributed by atoms with E-state index in [0.717, 1.165) is 24.8 Å². The molecule has 0 aliphatic heterocycles. The first kappa shape index (κ1) is 15.0. The smallest absolute Gasteiger partial charge is 0.119 e. The molecule has 0 aromatic heterocycles. The molecule has 2 heteroatoms. The van der Waals surface area contributed by atoms with Gasteiger partial charge in [0.2, 0.25) is 0 Å². The second-order valence-electron chi connectivity index (χ2n) is 5.60. The van der Waals surface area contributed by atoms with Crippen molar-refractivity contribution >= 4 is 0 Å². The topological polar surface area (TPSA) is 40.5 Å². The molecule has 0 amide bonds. The SMILES string of the molecule is CC(C)c1cc(CCCCO)c(C(C)C)cc1O. The van der Waals surface area contributed by atoms with E-state index in [4.69, 9.17) is 5.11 Å². The fourth-order valence-electron chi connectivity index (χ4n) is 2.31. The highest BCUT2D eigenvalue weighted by molar-refractivity contribution is 5.44. The first-order chi connectivity index (χ1) is 8.47. The van der Waals surface area contributed by atoms with Crippen molar-refractivity contribution < 1.29 is 10.2 Å². The van der Waals surface area contributed by atoms with E-state index in [-0.39, 0.29) is 6.61 Å². The van der Waals surface area contributed by atoms with Crippen molar-refractivity contribution in [2.75, 3.05) is 6.61 Å². The summed E-state index contributed by atoms with van der Waals surface area (Å²) in [5.74, 6) is 1.17. The van der Waals surface area contributed by atoms with Crippen LogP contribution in [0.15, 0.2) is 12.1 Å². The number of rotatable bonds is 6. The van der Waals surface area contributed by atoms with E-state index in [2.05, 4.69) is 33.8 Å².